The normalized spacial score (nSPS) is 18.0. The zero-order valence-electron chi connectivity index (χ0n) is 15.2. The van der Waals surface area contributed by atoms with E-state index in [-0.39, 0.29) is 18.4 Å². The average Bonchev–Trinajstić information content (AvgIpc) is 3.11. The van der Waals surface area contributed by atoms with Crippen LogP contribution in [-0.4, -0.2) is 35.9 Å². The van der Waals surface area contributed by atoms with Gasteiger partial charge in [0.1, 0.15) is 18.1 Å². The summed E-state index contributed by atoms with van der Waals surface area (Å²) in [5.41, 5.74) is 10.1. The summed E-state index contributed by atoms with van der Waals surface area (Å²) < 4.78 is 6.07. The lowest BCUT2D eigenvalue weighted by atomic mass is 9.96. The number of phenolic OH excluding ortho intramolecular Hbond substituents is 1. The van der Waals surface area contributed by atoms with Gasteiger partial charge in [-0.1, -0.05) is 30.3 Å². The van der Waals surface area contributed by atoms with Crippen LogP contribution in [0.25, 0.3) is 0 Å². The molecule has 0 aliphatic carbocycles. The van der Waals surface area contributed by atoms with Crippen LogP contribution in [0.1, 0.15) is 23.1 Å². The third-order valence-electron chi connectivity index (χ3n) is 5.13. The van der Waals surface area contributed by atoms with E-state index in [1.165, 1.54) is 11.3 Å². The highest BCUT2D eigenvalue weighted by Gasteiger charge is 2.29. The highest BCUT2D eigenvalue weighted by Crippen LogP contribution is 2.35. The van der Waals surface area contributed by atoms with Crippen LogP contribution in [0.2, 0.25) is 0 Å². The van der Waals surface area contributed by atoms with Crippen LogP contribution in [0.4, 0.5) is 0 Å². The molecule has 144 valence electrons. The predicted molar refractivity (Wildman–Crippen MR) is 109 cm³/mol. The summed E-state index contributed by atoms with van der Waals surface area (Å²) in [5.74, 6) is 1.23. The van der Waals surface area contributed by atoms with Crippen LogP contribution < -0.4 is 15.8 Å². The highest BCUT2D eigenvalue weighted by molar-refractivity contribution is 5.85. The van der Waals surface area contributed by atoms with E-state index in [4.69, 9.17) is 10.5 Å². The van der Waals surface area contributed by atoms with Gasteiger partial charge in [0, 0.05) is 30.3 Å². The van der Waals surface area contributed by atoms with Crippen molar-refractivity contribution in [2.75, 3.05) is 19.8 Å². The summed E-state index contributed by atoms with van der Waals surface area (Å²) in [6.45, 7) is 2.07. The third kappa shape index (κ3) is 4.15. The Labute approximate surface area is 166 Å². The van der Waals surface area contributed by atoms with Gasteiger partial charge in [0.2, 0.25) is 0 Å². The minimum absolute atomic E-state index is 0. The van der Waals surface area contributed by atoms with Crippen molar-refractivity contribution >= 4 is 12.4 Å². The first-order chi connectivity index (χ1) is 12.7. The SMILES string of the molecule is Cl.NCCC1=CNCN1[C@H]1COc2cc(Cc3ccccc3)c(O)cc2C1. The molecule has 0 saturated heterocycles. The maximum Gasteiger partial charge on any atom is 0.123 e. The Hall–Kier alpha value is -2.37. The Morgan fingerprint density at radius 1 is 1.22 bits per heavy atom. The van der Waals surface area contributed by atoms with Gasteiger partial charge in [-0.3, -0.25) is 0 Å². The minimum Gasteiger partial charge on any atom is -0.508 e. The van der Waals surface area contributed by atoms with Gasteiger partial charge in [0.25, 0.3) is 0 Å². The lowest BCUT2D eigenvalue weighted by Crippen LogP contribution is -2.43. The van der Waals surface area contributed by atoms with E-state index in [0.29, 0.717) is 25.3 Å². The van der Waals surface area contributed by atoms with Gasteiger partial charge in [-0.25, -0.2) is 0 Å². The lowest BCUT2D eigenvalue weighted by molar-refractivity contribution is 0.151. The fourth-order valence-electron chi connectivity index (χ4n) is 3.78. The Kier molecular flexibility index (Phi) is 6.14. The van der Waals surface area contributed by atoms with E-state index >= 15 is 0 Å². The smallest absolute Gasteiger partial charge is 0.123 e. The first kappa shape index (κ1) is 19.4. The number of nitrogens with two attached hydrogens (primary N) is 1. The Morgan fingerprint density at radius 2 is 2.04 bits per heavy atom. The molecule has 2 aromatic rings. The van der Waals surface area contributed by atoms with Gasteiger partial charge in [-0.15, -0.1) is 12.4 Å². The Balaban J connectivity index is 0.00000210. The molecule has 0 spiro atoms. The van der Waals surface area contributed by atoms with Gasteiger partial charge in [-0.2, -0.15) is 0 Å². The maximum atomic E-state index is 10.5. The molecule has 27 heavy (non-hydrogen) atoms. The van der Waals surface area contributed by atoms with E-state index in [1.54, 1.807) is 0 Å². The van der Waals surface area contributed by atoms with Crippen molar-refractivity contribution in [2.45, 2.75) is 25.3 Å². The molecule has 2 aromatic carbocycles. The van der Waals surface area contributed by atoms with Crippen LogP contribution in [0, 0.1) is 0 Å². The average molecular weight is 388 g/mol. The van der Waals surface area contributed by atoms with E-state index in [2.05, 4.69) is 22.3 Å². The molecule has 0 unspecified atom stereocenters. The minimum atomic E-state index is 0. The number of halogens is 1. The molecule has 2 aliphatic heterocycles. The van der Waals surface area contributed by atoms with Crippen LogP contribution >= 0.6 is 12.4 Å². The third-order valence-corrected chi connectivity index (χ3v) is 5.13. The molecule has 0 fully saturated rings. The lowest BCUT2D eigenvalue weighted by Gasteiger charge is -2.35. The number of hydrogen-bond acceptors (Lipinski definition) is 5. The van der Waals surface area contributed by atoms with E-state index in [9.17, 15) is 5.11 Å². The van der Waals surface area contributed by atoms with Crippen molar-refractivity contribution in [3.63, 3.8) is 0 Å². The summed E-state index contributed by atoms with van der Waals surface area (Å²) in [4.78, 5) is 2.32. The van der Waals surface area contributed by atoms with Crippen LogP contribution in [0.5, 0.6) is 11.5 Å². The van der Waals surface area contributed by atoms with Crippen molar-refractivity contribution in [1.82, 2.24) is 10.2 Å². The number of benzene rings is 2. The Bertz CT molecular complexity index is 811. The molecule has 6 heteroatoms. The summed E-state index contributed by atoms with van der Waals surface area (Å²) in [7, 11) is 0. The van der Waals surface area contributed by atoms with Gasteiger partial charge in [-0.05, 0) is 36.2 Å². The molecule has 0 amide bonds. The summed E-state index contributed by atoms with van der Waals surface area (Å²) in [5, 5.41) is 13.8. The number of ether oxygens (including phenoxy) is 1. The van der Waals surface area contributed by atoms with Crippen LogP contribution in [0.15, 0.2) is 54.4 Å². The van der Waals surface area contributed by atoms with Crippen molar-refractivity contribution in [3.05, 3.63) is 71.1 Å². The number of aromatic hydroxyl groups is 1. The molecule has 4 rings (SSSR count). The number of hydrogen-bond donors (Lipinski definition) is 3. The second-order valence-corrected chi connectivity index (χ2v) is 6.93. The molecular weight excluding hydrogens is 362 g/mol. The molecule has 2 heterocycles. The van der Waals surface area contributed by atoms with E-state index < -0.39 is 0 Å². The quantitative estimate of drug-likeness (QED) is 0.735. The largest absolute Gasteiger partial charge is 0.508 e. The number of phenols is 1. The molecule has 0 aromatic heterocycles. The summed E-state index contributed by atoms with van der Waals surface area (Å²) >= 11 is 0. The molecule has 4 N–H and O–H groups in total. The fraction of sp³-hybridized carbons (Fsp3) is 0.333. The van der Waals surface area contributed by atoms with Gasteiger partial charge < -0.3 is 25.8 Å². The topological polar surface area (TPSA) is 70.8 Å². The molecule has 0 radical (unpaired) electrons. The fourth-order valence-corrected chi connectivity index (χ4v) is 3.78. The van der Waals surface area contributed by atoms with Crippen LogP contribution in [-0.2, 0) is 12.8 Å². The van der Waals surface area contributed by atoms with Gasteiger partial charge >= 0.3 is 0 Å². The number of nitrogens with one attached hydrogen (secondary N) is 1. The highest BCUT2D eigenvalue weighted by atomic mass is 35.5. The number of rotatable bonds is 5. The summed E-state index contributed by atoms with van der Waals surface area (Å²) in [6, 6.07) is 14.3. The van der Waals surface area contributed by atoms with E-state index in [0.717, 1.165) is 36.4 Å². The number of fused-ring (bicyclic) bond motifs is 1. The standard InChI is InChI=1S/C21H25N3O2.ClH/c22-7-6-18-12-23-14-24(18)19-9-17-10-20(25)16(11-21(17)26-13-19)8-15-4-2-1-3-5-15;/h1-5,10-12,19,23,25H,6-9,13-14,22H2;1H/t19-;/m1./s1. The van der Waals surface area contributed by atoms with Crippen LogP contribution in [0.3, 0.4) is 0 Å². The molecule has 0 saturated carbocycles. The molecule has 2 aliphatic rings. The zero-order valence-corrected chi connectivity index (χ0v) is 16.0. The second kappa shape index (κ2) is 8.55. The summed E-state index contributed by atoms with van der Waals surface area (Å²) in [6.07, 6.45) is 4.46. The van der Waals surface area contributed by atoms with Gasteiger partial charge in [0.05, 0.1) is 12.7 Å². The van der Waals surface area contributed by atoms with Crippen molar-refractivity contribution in [3.8, 4) is 11.5 Å². The van der Waals surface area contributed by atoms with Crippen molar-refractivity contribution in [2.24, 2.45) is 5.73 Å². The van der Waals surface area contributed by atoms with Crippen molar-refractivity contribution < 1.29 is 9.84 Å². The monoisotopic (exact) mass is 387 g/mol. The Morgan fingerprint density at radius 3 is 2.81 bits per heavy atom. The molecule has 0 bridgehead atoms. The maximum absolute atomic E-state index is 10.5. The van der Waals surface area contributed by atoms with Gasteiger partial charge in [0.15, 0.2) is 0 Å². The molecular formula is C21H26ClN3O2. The molecule has 1 atom stereocenters. The number of nitrogens with zero attached hydrogens (tertiary/aromatic N) is 1. The predicted octanol–water partition coefficient (Wildman–Crippen LogP) is 2.76. The molecule has 5 nitrogen and oxygen atoms in total. The van der Waals surface area contributed by atoms with Crippen molar-refractivity contribution in [1.29, 1.82) is 0 Å². The first-order valence-corrected chi connectivity index (χ1v) is 9.15. The second-order valence-electron chi connectivity index (χ2n) is 6.93. The van der Waals surface area contributed by atoms with E-state index in [1.807, 2.05) is 36.5 Å². The first-order valence-electron chi connectivity index (χ1n) is 9.15. The zero-order chi connectivity index (χ0) is 17.9.